The molecule has 3 aromatic rings. The van der Waals surface area contributed by atoms with Crippen molar-refractivity contribution < 1.29 is 18.0 Å². The van der Waals surface area contributed by atoms with Crippen molar-refractivity contribution in [2.75, 3.05) is 49.6 Å². The standard InChI is InChI=1S/C25H25F3N4O/c1-30-10-2-11-31(14-13-30)22-7-9-29-21-15-18-8-12-32(23(18)16-20(21)22)24(33)17-3-5-19(6-4-17)25(26,27)28/h3-7,9,15-16H,2,8,10-14H2,1H3. The number of amides is 1. The monoisotopic (exact) mass is 454 g/mol. The van der Waals surface area contributed by atoms with Gasteiger partial charge < -0.3 is 14.7 Å². The molecule has 3 heterocycles. The van der Waals surface area contributed by atoms with Crippen LogP contribution in [0.2, 0.25) is 0 Å². The van der Waals surface area contributed by atoms with E-state index in [0.29, 0.717) is 13.0 Å². The molecule has 0 aliphatic carbocycles. The lowest BCUT2D eigenvalue weighted by Crippen LogP contribution is -2.29. The van der Waals surface area contributed by atoms with Gasteiger partial charge in [-0.15, -0.1) is 0 Å². The number of likely N-dealkylation sites (N-methyl/N-ethyl adjacent to an activating group) is 1. The molecule has 0 bridgehead atoms. The second-order valence-electron chi connectivity index (χ2n) is 8.75. The Balaban J connectivity index is 1.49. The number of anilines is 2. The van der Waals surface area contributed by atoms with E-state index in [-0.39, 0.29) is 11.5 Å². The molecule has 1 fully saturated rings. The first kappa shape index (κ1) is 21.7. The Morgan fingerprint density at radius 2 is 1.73 bits per heavy atom. The molecule has 0 saturated carbocycles. The number of alkyl halides is 3. The highest BCUT2D eigenvalue weighted by Crippen LogP contribution is 2.37. The third-order valence-electron chi connectivity index (χ3n) is 6.58. The van der Waals surface area contributed by atoms with Crippen LogP contribution in [0.3, 0.4) is 0 Å². The SMILES string of the molecule is CN1CCCN(c2ccnc3cc4c(cc23)N(C(=O)c2ccc(C(F)(F)F)cc2)CC4)CC1. The van der Waals surface area contributed by atoms with E-state index in [2.05, 4.69) is 21.8 Å². The Labute approximate surface area is 190 Å². The average Bonchev–Trinajstić information content (AvgIpc) is 3.08. The summed E-state index contributed by atoms with van der Waals surface area (Å²) in [6.45, 7) is 4.41. The van der Waals surface area contributed by atoms with Crippen molar-refractivity contribution >= 4 is 28.2 Å². The van der Waals surface area contributed by atoms with Crippen LogP contribution in [0.25, 0.3) is 10.9 Å². The highest BCUT2D eigenvalue weighted by Gasteiger charge is 2.31. The minimum absolute atomic E-state index is 0.248. The molecule has 2 aromatic carbocycles. The predicted octanol–water partition coefficient (Wildman–Crippen LogP) is 4.60. The third kappa shape index (κ3) is 4.15. The molecule has 172 valence electrons. The first-order chi connectivity index (χ1) is 15.8. The van der Waals surface area contributed by atoms with Crippen LogP contribution >= 0.6 is 0 Å². The van der Waals surface area contributed by atoms with Crippen molar-refractivity contribution in [3.05, 3.63) is 65.4 Å². The number of carbonyl (C=O) groups is 1. The summed E-state index contributed by atoms with van der Waals surface area (Å²) in [4.78, 5) is 24.1. The first-order valence-electron chi connectivity index (χ1n) is 11.2. The number of aromatic nitrogens is 1. The Bertz CT molecular complexity index is 1190. The van der Waals surface area contributed by atoms with Gasteiger partial charge in [0.05, 0.1) is 11.1 Å². The number of halogens is 3. The van der Waals surface area contributed by atoms with Gasteiger partial charge in [0.1, 0.15) is 0 Å². The van der Waals surface area contributed by atoms with Crippen LogP contribution in [-0.4, -0.2) is 55.6 Å². The molecular weight excluding hydrogens is 429 g/mol. The zero-order valence-electron chi connectivity index (χ0n) is 18.4. The van der Waals surface area contributed by atoms with Crippen LogP contribution in [0.1, 0.15) is 27.9 Å². The van der Waals surface area contributed by atoms with Crippen molar-refractivity contribution in [3.8, 4) is 0 Å². The lowest BCUT2D eigenvalue weighted by molar-refractivity contribution is -0.137. The summed E-state index contributed by atoms with van der Waals surface area (Å²) in [5.41, 5.74) is 3.33. The quantitative estimate of drug-likeness (QED) is 0.568. The number of carbonyl (C=O) groups excluding carboxylic acids is 1. The van der Waals surface area contributed by atoms with Gasteiger partial charge in [0.25, 0.3) is 5.91 Å². The van der Waals surface area contributed by atoms with Gasteiger partial charge in [0.2, 0.25) is 0 Å². The van der Waals surface area contributed by atoms with Crippen molar-refractivity contribution in [1.29, 1.82) is 0 Å². The molecule has 5 rings (SSSR count). The van der Waals surface area contributed by atoms with Crippen LogP contribution in [-0.2, 0) is 12.6 Å². The molecule has 1 saturated heterocycles. The molecule has 33 heavy (non-hydrogen) atoms. The second-order valence-corrected chi connectivity index (χ2v) is 8.75. The van der Waals surface area contributed by atoms with Gasteiger partial charge in [-0.3, -0.25) is 9.78 Å². The van der Waals surface area contributed by atoms with E-state index in [1.807, 2.05) is 24.4 Å². The number of hydrogen-bond acceptors (Lipinski definition) is 4. The fourth-order valence-electron chi connectivity index (χ4n) is 4.75. The smallest absolute Gasteiger partial charge is 0.370 e. The van der Waals surface area contributed by atoms with E-state index in [1.165, 1.54) is 12.1 Å². The summed E-state index contributed by atoms with van der Waals surface area (Å²) in [7, 11) is 2.13. The molecule has 0 N–H and O–H groups in total. The number of hydrogen-bond donors (Lipinski definition) is 0. The third-order valence-corrected chi connectivity index (χ3v) is 6.58. The summed E-state index contributed by atoms with van der Waals surface area (Å²) < 4.78 is 38.7. The fraction of sp³-hybridized carbons (Fsp3) is 0.360. The first-order valence-corrected chi connectivity index (χ1v) is 11.2. The van der Waals surface area contributed by atoms with Crippen molar-refractivity contribution in [2.24, 2.45) is 0 Å². The maximum Gasteiger partial charge on any atom is 0.416 e. The predicted molar refractivity (Wildman–Crippen MR) is 123 cm³/mol. The maximum atomic E-state index is 13.2. The summed E-state index contributed by atoms with van der Waals surface area (Å²) in [6, 6.07) is 10.5. The number of rotatable bonds is 2. The average molecular weight is 454 g/mol. The molecule has 8 heteroatoms. The van der Waals surface area contributed by atoms with E-state index in [9.17, 15) is 18.0 Å². The maximum absolute atomic E-state index is 13.2. The Hall–Kier alpha value is -3.13. The van der Waals surface area contributed by atoms with E-state index in [1.54, 1.807) is 4.90 Å². The van der Waals surface area contributed by atoms with Crippen LogP contribution in [0.15, 0.2) is 48.7 Å². The molecular formula is C25H25F3N4O. The summed E-state index contributed by atoms with van der Waals surface area (Å²) in [6.07, 6.45) is -0.827. The van der Waals surface area contributed by atoms with Gasteiger partial charge in [-0.25, -0.2) is 0 Å². The van der Waals surface area contributed by atoms with Gasteiger partial charge in [0.15, 0.2) is 0 Å². The van der Waals surface area contributed by atoms with Gasteiger partial charge in [0, 0.05) is 54.7 Å². The van der Waals surface area contributed by atoms with E-state index in [0.717, 1.165) is 72.6 Å². The number of nitrogens with zero attached hydrogens (tertiary/aromatic N) is 4. The minimum atomic E-state index is -4.42. The van der Waals surface area contributed by atoms with Crippen LogP contribution < -0.4 is 9.80 Å². The lowest BCUT2D eigenvalue weighted by Gasteiger charge is -2.25. The molecule has 5 nitrogen and oxygen atoms in total. The zero-order valence-corrected chi connectivity index (χ0v) is 18.4. The Kier molecular flexibility index (Phi) is 5.48. The summed E-state index contributed by atoms with van der Waals surface area (Å²) in [5.74, 6) is -0.288. The Morgan fingerprint density at radius 3 is 2.48 bits per heavy atom. The fourth-order valence-corrected chi connectivity index (χ4v) is 4.75. The summed E-state index contributed by atoms with van der Waals surface area (Å²) in [5, 5.41) is 0.993. The van der Waals surface area contributed by atoms with Crippen LogP contribution in [0.5, 0.6) is 0 Å². The van der Waals surface area contributed by atoms with Gasteiger partial charge in [-0.2, -0.15) is 13.2 Å². The van der Waals surface area contributed by atoms with Crippen LogP contribution in [0, 0.1) is 0 Å². The minimum Gasteiger partial charge on any atom is -0.370 e. The Morgan fingerprint density at radius 1 is 0.939 bits per heavy atom. The van der Waals surface area contributed by atoms with E-state index < -0.39 is 11.7 Å². The van der Waals surface area contributed by atoms with Crippen molar-refractivity contribution in [2.45, 2.75) is 19.0 Å². The van der Waals surface area contributed by atoms with E-state index >= 15 is 0 Å². The number of pyridine rings is 1. The highest BCUT2D eigenvalue weighted by atomic mass is 19.4. The van der Waals surface area contributed by atoms with Crippen molar-refractivity contribution in [3.63, 3.8) is 0 Å². The zero-order chi connectivity index (χ0) is 23.2. The molecule has 1 aromatic heterocycles. The number of fused-ring (bicyclic) bond motifs is 2. The number of benzene rings is 2. The molecule has 0 spiro atoms. The molecule has 2 aliphatic heterocycles. The van der Waals surface area contributed by atoms with Gasteiger partial charge in [-0.05, 0) is 74.5 Å². The molecule has 2 aliphatic rings. The van der Waals surface area contributed by atoms with Gasteiger partial charge in [-0.1, -0.05) is 0 Å². The highest BCUT2D eigenvalue weighted by molar-refractivity contribution is 6.09. The topological polar surface area (TPSA) is 39.7 Å². The van der Waals surface area contributed by atoms with Gasteiger partial charge >= 0.3 is 6.18 Å². The largest absolute Gasteiger partial charge is 0.416 e. The van der Waals surface area contributed by atoms with Crippen molar-refractivity contribution in [1.82, 2.24) is 9.88 Å². The molecule has 0 atom stereocenters. The van der Waals surface area contributed by atoms with Crippen LogP contribution in [0.4, 0.5) is 24.5 Å². The summed E-state index contributed by atoms with van der Waals surface area (Å²) >= 11 is 0. The molecule has 0 unspecified atom stereocenters. The lowest BCUT2D eigenvalue weighted by atomic mass is 10.1. The second kappa shape index (κ2) is 8.33. The molecule has 0 radical (unpaired) electrons. The molecule has 1 amide bonds. The van der Waals surface area contributed by atoms with E-state index in [4.69, 9.17) is 0 Å². The normalized spacial score (nSPS) is 17.3.